The van der Waals surface area contributed by atoms with Crippen molar-refractivity contribution < 1.29 is 14.2 Å². The van der Waals surface area contributed by atoms with Crippen molar-refractivity contribution >= 4 is 10.8 Å². The van der Waals surface area contributed by atoms with Gasteiger partial charge in [0.2, 0.25) is 5.79 Å². The summed E-state index contributed by atoms with van der Waals surface area (Å²) in [6, 6.07) is 34.7. The van der Waals surface area contributed by atoms with Crippen LogP contribution in [-0.2, 0) is 4.74 Å². The van der Waals surface area contributed by atoms with Gasteiger partial charge in [-0.05, 0) is 59.5 Å². The minimum Gasteiger partial charge on any atom is -0.487 e. The Morgan fingerprint density at radius 1 is 0.742 bits per heavy atom. The van der Waals surface area contributed by atoms with Crippen LogP contribution in [0.15, 0.2) is 103 Å². The summed E-state index contributed by atoms with van der Waals surface area (Å²) in [4.78, 5) is 0. The highest BCUT2D eigenvalue weighted by Gasteiger charge is 2.41. The van der Waals surface area contributed by atoms with Crippen LogP contribution in [0.1, 0.15) is 30.9 Å². The van der Waals surface area contributed by atoms with Crippen LogP contribution in [-0.4, -0.2) is 12.4 Å². The van der Waals surface area contributed by atoms with E-state index in [1.807, 2.05) is 60.7 Å². The van der Waals surface area contributed by atoms with Crippen LogP contribution < -0.4 is 9.47 Å². The molecule has 2 atom stereocenters. The van der Waals surface area contributed by atoms with Crippen molar-refractivity contribution in [3.05, 3.63) is 109 Å². The van der Waals surface area contributed by atoms with Gasteiger partial charge in [0.05, 0.1) is 6.10 Å². The maximum Gasteiger partial charge on any atom is 0.245 e. The van der Waals surface area contributed by atoms with Crippen LogP contribution in [0.4, 0.5) is 0 Å². The highest BCUT2D eigenvalue weighted by molar-refractivity contribution is 5.83. The predicted octanol–water partition coefficient (Wildman–Crippen LogP) is 6.94. The van der Waals surface area contributed by atoms with E-state index in [9.17, 15) is 0 Å². The van der Waals surface area contributed by atoms with Crippen LogP contribution in [0, 0.1) is 0 Å². The molecule has 3 heteroatoms. The van der Waals surface area contributed by atoms with Gasteiger partial charge in [-0.15, -0.1) is 0 Å². The Balaban J connectivity index is 1.42. The lowest BCUT2D eigenvalue weighted by atomic mass is 9.95. The van der Waals surface area contributed by atoms with Gasteiger partial charge in [-0.25, -0.2) is 0 Å². The molecule has 0 saturated carbocycles. The van der Waals surface area contributed by atoms with E-state index in [2.05, 4.69) is 42.5 Å². The highest BCUT2D eigenvalue weighted by Crippen LogP contribution is 2.39. The molecule has 4 aromatic carbocycles. The Labute approximate surface area is 183 Å². The van der Waals surface area contributed by atoms with Crippen LogP contribution in [0.25, 0.3) is 10.8 Å². The molecule has 1 aliphatic heterocycles. The van der Waals surface area contributed by atoms with E-state index in [0.29, 0.717) is 6.61 Å². The molecule has 0 N–H and O–H groups in total. The van der Waals surface area contributed by atoms with Crippen molar-refractivity contribution in [2.24, 2.45) is 0 Å². The van der Waals surface area contributed by atoms with Crippen molar-refractivity contribution in [2.45, 2.75) is 31.2 Å². The molecule has 3 nitrogen and oxygen atoms in total. The molecule has 1 fully saturated rings. The summed E-state index contributed by atoms with van der Waals surface area (Å²) in [5.74, 6) is 0.763. The summed E-state index contributed by atoms with van der Waals surface area (Å²) < 4.78 is 19.3. The van der Waals surface area contributed by atoms with Gasteiger partial charge < -0.3 is 14.2 Å². The zero-order valence-electron chi connectivity index (χ0n) is 17.4. The third-order valence-electron chi connectivity index (χ3n) is 5.78. The topological polar surface area (TPSA) is 27.7 Å². The van der Waals surface area contributed by atoms with Gasteiger partial charge in [0.1, 0.15) is 11.5 Å². The van der Waals surface area contributed by atoms with Crippen molar-refractivity contribution in [1.29, 1.82) is 0 Å². The number of hydrogen-bond donors (Lipinski definition) is 0. The van der Waals surface area contributed by atoms with Crippen LogP contribution in [0.2, 0.25) is 0 Å². The molecular formula is C28H26O3. The van der Waals surface area contributed by atoms with E-state index in [0.717, 1.165) is 30.8 Å². The molecule has 0 bridgehead atoms. The normalized spacial score (nSPS) is 21.0. The molecule has 31 heavy (non-hydrogen) atoms. The number of benzene rings is 4. The fourth-order valence-corrected chi connectivity index (χ4v) is 4.20. The molecule has 1 saturated heterocycles. The minimum absolute atomic E-state index is 0.0403. The Morgan fingerprint density at radius 2 is 1.42 bits per heavy atom. The van der Waals surface area contributed by atoms with E-state index in [-0.39, 0.29) is 6.10 Å². The monoisotopic (exact) mass is 410 g/mol. The smallest absolute Gasteiger partial charge is 0.245 e. The van der Waals surface area contributed by atoms with Crippen molar-refractivity contribution in [3.63, 3.8) is 0 Å². The Bertz CT molecular complexity index is 1130. The minimum atomic E-state index is -0.842. The number of ether oxygens (including phenoxy) is 3. The lowest BCUT2D eigenvalue weighted by Crippen LogP contribution is -2.48. The molecule has 0 radical (unpaired) electrons. The van der Waals surface area contributed by atoms with Gasteiger partial charge in [0.25, 0.3) is 0 Å². The maximum atomic E-state index is 6.69. The molecule has 0 spiro atoms. The zero-order valence-corrected chi connectivity index (χ0v) is 17.4. The Kier molecular flexibility index (Phi) is 5.59. The molecule has 0 aliphatic carbocycles. The summed E-state index contributed by atoms with van der Waals surface area (Å²) in [5, 5.41) is 2.46. The molecule has 156 valence electrons. The third-order valence-corrected chi connectivity index (χ3v) is 5.78. The molecule has 0 aromatic heterocycles. The standard InChI is InChI=1S/C28H26O3/c1-3-12-25(13-4-1)29-21-28(30-26-14-5-2-6-15-26)19-9-16-27(31-28)24-18-17-22-10-7-8-11-23(22)20-24/h1-8,10-15,17-18,20,27H,9,16,19,21H2. The fourth-order valence-electron chi connectivity index (χ4n) is 4.20. The van der Waals surface area contributed by atoms with E-state index in [1.165, 1.54) is 16.3 Å². The third kappa shape index (κ3) is 4.57. The molecular weight excluding hydrogens is 384 g/mol. The molecule has 4 aromatic rings. The average molecular weight is 411 g/mol. The fraction of sp³-hybridized carbons (Fsp3) is 0.214. The first-order valence-electron chi connectivity index (χ1n) is 10.9. The van der Waals surface area contributed by atoms with Crippen LogP contribution in [0.3, 0.4) is 0 Å². The lowest BCUT2D eigenvalue weighted by molar-refractivity contribution is -0.251. The SMILES string of the molecule is c1ccc(OCC2(Oc3ccccc3)CCCC(c3ccc4ccccc4c3)O2)cc1. The van der Waals surface area contributed by atoms with Gasteiger partial charge >= 0.3 is 0 Å². The quantitative estimate of drug-likeness (QED) is 0.345. The first-order valence-corrected chi connectivity index (χ1v) is 10.9. The first kappa shape index (κ1) is 19.7. The molecule has 5 rings (SSSR count). The lowest BCUT2D eigenvalue weighted by Gasteiger charge is -2.41. The number of rotatable bonds is 6. The summed E-state index contributed by atoms with van der Waals surface area (Å²) in [6.07, 6.45) is 2.70. The van der Waals surface area contributed by atoms with Crippen molar-refractivity contribution in [3.8, 4) is 11.5 Å². The molecule has 1 aliphatic rings. The first-order chi connectivity index (χ1) is 15.3. The number of para-hydroxylation sites is 2. The molecule has 2 unspecified atom stereocenters. The maximum absolute atomic E-state index is 6.69. The molecule has 1 heterocycles. The van der Waals surface area contributed by atoms with Crippen LogP contribution in [0.5, 0.6) is 11.5 Å². The highest BCUT2D eigenvalue weighted by atomic mass is 16.7. The summed E-state index contributed by atoms with van der Waals surface area (Å²) in [5.41, 5.74) is 1.18. The summed E-state index contributed by atoms with van der Waals surface area (Å²) >= 11 is 0. The molecule has 0 amide bonds. The average Bonchev–Trinajstić information content (AvgIpc) is 2.84. The second-order valence-electron chi connectivity index (χ2n) is 8.03. The van der Waals surface area contributed by atoms with E-state index < -0.39 is 5.79 Å². The zero-order chi connectivity index (χ0) is 20.9. The van der Waals surface area contributed by atoms with Gasteiger partial charge in [-0.1, -0.05) is 72.8 Å². The second kappa shape index (κ2) is 8.83. The summed E-state index contributed by atoms with van der Waals surface area (Å²) in [7, 11) is 0. The predicted molar refractivity (Wildman–Crippen MR) is 123 cm³/mol. The van der Waals surface area contributed by atoms with Gasteiger partial charge in [0, 0.05) is 6.42 Å². The number of hydrogen-bond acceptors (Lipinski definition) is 3. The van der Waals surface area contributed by atoms with Crippen molar-refractivity contribution in [2.75, 3.05) is 6.61 Å². The van der Waals surface area contributed by atoms with Gasteiger partial charge in [0.15, 0.2) is 6.61 Å². The largest absolute Gasteiger partial charge is 0.487 e. The van der Waals surface area contributed by atoms with E-state index in [4.69, 9.17) is 14.2 Å². The second-order valence-corrected chi connectivity index (χ2v) is 8.03. The van der Waals surface area contributed by atoms with E-state index in [1.54, 1.807) is 0 Å². The Morgan fingerprint density at radius 3 is 2.19 bits per heavy atom. The van der Waals surface area contributed by atoms with E-state index >= 15 is 0 Å². The Hall–Kier alpha value is -3.30. The van der Waals surface area contributed by atoms with Gasteiger partial charge in [-0.3, -0.25) is 0 Å². The van der Waals surface area contributed by atoms with Crippen molar-refractivity contribution in [1.82, 2.24) is 0 Å². The number of fused-ring (bicyclic) bond motifs is 1. The summed E-state index contributed by atoms with van der Waals surface area (Å²) in [6.45, 7) is 0.329. The van der Waals surface area contributed by atoms with Crippen LogP contribution >= 0.6 is 0 Å². The van der Waals surface area contributed by atoms with Gasteiger partial charge in [-0.2, -0.15) is 0 Å².